The second kappa shape index (κ2) is 4.42. The molecule has 0 aromatic heterocycles. The Morgan fingerprint density at radius 3 is 2.75 bits per heavy atom. The lowest BCUT2D eigenvalue weighted by Gasteiger charge is -2.31. The summed E-state index contributed by atoms with van der Waals surface area (Å²) in [7, 11) is 1.81. The van der Waals surface area contributed by atoms with E-state index in [1.165, 1.54) is 0 Å². The largest absolute Gasteiger partial charge is 0.343 e. The molecule has 0 saturated carbocycles. The first-order chi connectivity index (χ1) is 5.74. The van der Waals surface area contributed by atoms with Crippen molar-refractivity contribution in [2.24, 2.45) is 0 Å². The van der Waals surface area contributed by atoms with Crippen molar-refractivity contribution in [3.8, 4) is 0 Å². The molecule has 1 radical (unpaired) electrons. The molecule has 0 atom stereocenters. The van der Waals surface area contributed by atoms with Gasteiger partial charge in [0.2, 0.25) is 5.91 Å². The van der Waals surface area contributed by atoms with E-state index < -0.39 is 0 Å². The average Bonchev–Trinajstić information content (AvgIpc) is 2.07. The third-order valence-electron chi connectivity index (χ3n) is 2.15. The molecule has 1 rings (SSSR count). The number of rotatable bonds is 3. The Bertz CT molecular complexity index is 159. The van der Waals surface area contributed by atoms with E-state index in [9.17, 15) is 9.90 Å². The van der Waals surface area contributed by atoms with Crippen LogP contribution in [0, 0.1) is 0 Å². The van der Waals surface area contributed by atoms with Crippen LogP contribution in [-0.4, -0.2) is 55.5 Å². The SMILES string of the molecule is CN1CCN(CCC[O])CC1=O. The van der Waals surface area contributed by atoms with Gasteiger partial charge in [-0.25, -0.2) is 5.11 Å². The van der Waals surface area contributed by atoms with Gasteiger partial charge in [-0.15, -0.1) is 0 Å². The Morgan fingerprint density at radius 2 is 2.17 bits per heavy atom. The summed E-state index contributed by atoms with van der Waals surface area (Å²) in [5.74, 6) is 0.159. The van der Waals surface area contributed by atoms with Gasteiger partial charge in [0.15, 0.2) is 0 Å². The lowest BCUT2D eigenvalue weighted by atomic mass is 10.3. The molecule has 1 fully saturated rings. The molecule has 0 aromatic carbocycles. The molecule has 12 heavy (non-hydrogen) atoms. The molecule has 0 spiro atoms. The molecule has 4 nitrogen and oxygen atoms in total. The third-order valence-corrected chi connectivity index (χ3v) is 2.15. The van der Waals surface area contributed by atoms with Gasteiger partial charge >= 0.3 is 0 Å². The average molecular weight is 171 g/mol. The number of hydrogen-bond donors (Lipinski definition) is 0. The van der Waals surface area contributed by atoms with E-state index >= 15 is 0 Å². The normalized spacial score (nSPS) is 20.2. The number of carbonyl (C=O) groups is 1. The van der Waals surface area contributed by atoms with Gasteiger partial charge in [0.1, 0.15) is 0 Å². The van der Waals surface area contributed by atoms with E-state index in [-0.39, 0.29) is 12.5 Å². The molecular formula is C8H15N2O2. The van der Waals surface area contributed by atoms with Crippen LogP contribution in [0.15, 0.2) is 0 Å². The van der Waals surface area contributed by atoms with Gasteiger partial charge in [0, 0.05) is 26.7 Å². The van der Waals surface area contributed by atoms with E-state index in [1.54, 1.807) is 4.90 Å². The highest BCUT2D eigenvalue weighted by Gasteiger charge is 2.19. The molecule has 0 bridgehead atoms. The van der Waals surface area contributed by atoms with Gasteiger partial charge in [-0.2, -0.15) is 0 Å². The Balaban J connectivity index is 2.25. The van der Waals surface area contributed by atoms with Crippen molar-refractivity contribution in [2.45, 2.75) is 6.42 Å². The number of piperazine rings is 1. The molecule has 0 aliphatic carbocycles. The summed E-state index contributed by atoms with van der Waals surface area (Å²) in [5.41, 5.74) is 0. The zero-order valence-corrected chi connectivity index (χ0v) is 7.45. The highest BCUT2D eigenvalue weighted by atomic mass is 16.3. The summed E-state index contributed by atoms with van der Waals surface area (Å²) >= 11 is 0. The van der Waals surface area contributed by atoms with Crippen LogP contribution in [-0.2, 0) is 9.90 Å². The number of likely N-dealkylation sites (N-methyl/N-ethyl adjacent to an activating group) is 1. The van der Waals surface area contributed by atoms with E-state index in [4.69, 9.17) is 0 Å². The quantitative estimate of drug-likeness (QED) is 0.579. The van der Waals surface area contributed by atoms with Crippen molar-refractivity contribution in [3.05, 3.63) is 0 Å². The van der Waals surface area contributed by atoms with Gasteiger partial charge in [-0.3, -0.25) is 9.69 Å². The van der Waals surface area contributed by atoms with Crippen molar-refractivity contribution in [1.82, 2.24) is 9.80 Å². The Labute approximate surface area is 72.8 Å². The van der Waals surface area contributed by atoms with Crippen molar-refractivity contribution >= 4 is 5.91 Å². The lowest BCUT2D eigenvalue weighted by molar-refractivity contribution is -0.134. The summed E-state index contributed by atoms with van der Waals surface area (Å²) < 4.78 is 0. The van der Waals surface area contributed by atoms with Crippen LogP contribution in [0.3, 0.4) is 0 Å². The molecular weight excluding hydrogens is 156 g/mol. The number of nitrogens with zero attached hydrogens (tertiary/aromatic N) is 2. The molecule has 0 unspecified atom stereocenters. The minimum absolute atomic E-state index is 0.0411. The number of hydrogen-bond acceptors (Lipinski definition) is 2. The van der Waals surface area contributed by atoms with Gasteiger partial charge < -0.3 is 4.90 Å². The zero-order chi connectivity index (χ0) is 8.97. The topological polar surface area (TPSA) is 43.5 Å². The summed E-state index contributed by atoms with van der Waals surface area (Å²) in [6.07, 6.45) is 0.650. The van der Waals surface area contributed by atoms with Crippen LogP contribution in [0.5, 0.6) is 0 Å². The van der Waals surface area contributed by atoms with Crippen LogP contribution < -0.4 is 0 Å². The predicted molar refractivity (Wildman–Crippen MR) is 44.2 cm³/mol. The molecule has 1 aliphatic heterocycles. The Morgan fingerprint density at radius 1 is 1.42 bits per heavy atom. The van der Waals surface area contributed by atoms with Gasteiger partial charge in [0.05, 0.1) is 13.2 Å². The molecule has 1 aliphatic rings. The summed E-state index contributed by atoms with van der Waals surface area (Å²) in [5, 5.41) is 10.2. The maximum atomic E-state index is 11.2. The number of carbonyl (C=O) groups excluding carboxylic acids is 1. The monoisotopic (exact) mass is 171 g/mol. The standard InChI is InChI=1S/C8H15N2O2/c1-9-4-5-10(3-2-6-11)7-8(9)12/h2-7H2,1H3. The maximum Gasteiger partial charge on any atom is 0.236 e. The van der Waals surface area contributed by atoms with Crippen molar-refractivity contribution in [2.75, 3.05) is 39.8 Å². The van der Waals surface area contributed by atoms with E-state index in [0.29, 0.717) is 13.0 Å². The predicted octanol–water partition coefficient (Wildman–Crippen LogP) is -0.419. The van der Waals surface area contributed by atoms with Crippen LogP contribution in [0.4, 0.5) is 0 Å². The van der Waals surface area contributed by atoms with Crippen LogP contribution in [0.2, 0.25) is 0 Å². The minimum atomic E-state index is -0.0411. The zero-order valence-electron chi connectivity index (χ0n) is 7.45. The molecule has 4 heteroatoms. The van der Waals surface area contributed by atoms with Crippen molar-refractivity contribution in [1.29, 1.82) is 0 Å². The van der Waals surface area contributed by atoms with E-state index in [0.717, 1.165) is 19.6 Å². The molecule has 1 amide bonds. The first-order valence-electron chi connectivity index (χ1n) is 4.28. The van der Waals surface area contributed by atoms with Gasteiger partial charge in [0.25, 0.3) is 0 Å². The van der Waals surface area contributed by atoms with E-state index in [2.05, 4.69) is 0 Å². The minimum Gasteiger partial charge on any atom is -0.343 e. The molecule has 1 saturated heterocycles. The Kier molecular flexibility index (Phi) is 3.49. The lowest BCUT2D eigenvalue weighted by Crippen LogP contribution is -2.48. The Hall–Kier alpha value is -0.610. The van der Waals surface area contributed by atoms with Gasteiger partial charge in [-0.05, 0) is 6.42 Å². The number of amides is 1. The molecule has 69 valence electrons. The summed E-state index contributed by atoms with van der Waals surface area (Å²) in [4.78, 5) is 14.9. The van der Waals surface area contributed by atoms with Crippen molar-refractivity contribution in [3.63, 3.8) is 0 Å². The maximum absolute atomic E-state index is 11.2. The molecule has 0 N–H and O–H groups in total. The van der Waals surface area contributed by atoms with Crippen LogP contribution in [0.25, 0.3) is 0 Å². The molecule has 1 heterocycles. The van der Waals surface area contributed by atoms with Crippen LogP contribution in [0.1, 0.15) is 6.42 Å². The fourth-order valence-corrected chi connectivity index (χ4v) is 1.29. The highest BCUT2D eigenvalue weighted by molar-refractivity contribution is 5.78. The summed E-state index contributed by atoms with van der Waals surface area (Å²) in [6.45, 7) is 2.90. The molecule has 0 aromatic rings. The fraction of sp³-hybridized carbons (Fsp3) is 0.875. The third kappa shape index (κ3) is 2.46. The highest BCUT2D eigenvalue weighted by Crippen LogP contribution is 2.00. The van der Waals surface area contributed by atoms with E-state index in [1.807, 2.05) is 11.9 Å². The first kappa shape index (κ1) is 9.48. The smallest absolute Gasteiger partial charge is 0.236 e. The van der Waals surface area contributed by atoms with Crippen LogP contribution >= 0.6 is 0 Å². The summed E-state index contributed by atoms with van der Waals surface area (Å²) in [6, 6.07) is 0. The first-order valence-corrected chi connectivity index (χ1v) is 4.28. The fourth-order valence-electron chi connectivity index (χ4n) is 1.29. The second-order valence-electron chi connectivity index (χ2n) is 3.15. The van der Waals surface area contributed by atoms with Gasteiger partial charge in [-0.1, -0.05) is 0 Å². The van der Waals surface area contributed by atoms with Crippen molar-refractivity contribution < 1.29 is 9.90 Å². The second-order valence-corrected chi connectivity index (χ2v) is 3.15.